The fourth-order valence-corrected chi connectivity index (χ4v) is 5.72. The lowest BCUT2D eigenvalue weighted by atomic mass is 9.94. The molecule has 4 amide bonds. The van der Waals surface area contributed by atoms with Crippen LogP contribution in [-0.4, -0.2) is 54.3 Å². The molecule has 3 aliphatic rings. The standard InChI is InChI=1S/C33H37ClF2N4O6/c1-32(13-14-32)18-25(29(43)39-24(16-20-12-15-37-28(20)42)26(41)30(44)38-23-10-11-23)40-31(45)46-27(19-6-3-2-4-7-19)33(35,36)21-8-5-9-22(34)17-21/h2-9,17,20,23-25,27H,10-16,18H2,1H3,(H,37,42)(H,38,44)(H,39,43)(H,40,45)/t20-,24-,25-,27?/m0/s1. The van der Waals surface area contributed by atoms with Crippen molar-refractivity contribution in [3.8, 4) is 0 Å². The summed E-state index contributed by atoms with van der Waals surface area (Å²) in [6.45, 7) is 2.32. The molecule has 2 saturated carbocycles. The van der Waals surface area contributed by atoms with Crippen LogP contribution < -0.4 is 21.3 Å². The number of hydrogen-bond acceptors (Lipinski definition) is 6. The van der Waals surface area contributed by atoms with Crippen LogP contribution in [-0.2, 0) is 29.8 Å². The molecule has 0 radical (unpaired) electrons. The van der Waals surface area contributed by atoms with Crippen LogP contribution in [0.1, 0.15) is 69.1 Å². The molecule has 2 aliphatic carbocycles. The van der Waals surface area contributed by atoms with Crippen LogP contribution in [0, 0.1) is 11.3 Å². The molecular formula is C33H37ClF2N4O6. The number of hydrogen-bond donors (Lipinski definition) is 4. The van der Waals surface area contributed by atoms with Gasteiger partial charge >= 0.3 is 12.0 Å². The summed E-state index contributed by atoms with van der Waals surface area (Å²) in [6, 6.07) is 9.83. The minimum Gasteiger partial charge on any atom is -0.434 e. The summed E-state index contributed by atoms with van der Waals surface area (Å²) < 4.78 is 37.2. The molecule has 13 heteroatoms. The second-order valence-electron chi connectivity index (χ2n) is 12.7. The Kier molecular flexibility index (Phi) is 9.95. The molecule has 3 fully saturated rings. The first-order valence-corrected chi connectivity index (χ1v) is 15.8. The van der Waals surface area contributed by atoms with E-state index in [-0.39, 0.29) is 40.8 Å². The largest absolute Gasteiger partial charge is 0.434 e. The highest BCUT2D eigenvalue weighted by Crippen LogP contribution is 2.49. The molecule has 0 bridgehead atoms. The third-order valence-electron chi connectivity index (χ3n) is 8.73. The van der Waals surface area contributed by atoms with E-state index >= 15 is 8.78 Å². The van der Waals surface area contributed by atoms with Gasteiger partial charge in [0.05, 0.1) is 6.04 Å². The molecule has 246 valence electrons. The van der Waals surface area contributed by atoms with E-state index in [0.29, 0.717) is 13.0 Å². The van der Waals surface area contributed by atoms with Gasteiger partial charge < -0.3 is 26.0 Å². The number of alkyl carbamates (subject to hydrolysis) is 1. The van der Waals surface area contributed by atoms with Crippen molar-refractivity contribution in [2.45, 2.75) is 82.0 Å². The fourth-order valence-electron chi connectivity index (χ4n) is 5.53. The summed E-state index contributed by atoms with van der Waals surface area (Å²) in [5.74, 6) is -7.15. The van der Waals surface area contributed by atoms with Crippen molar-refractivity contribution in [1.29, 1.82) is 0 Å². The molecule has 1 heterocycles. The maximum atomic E-state index is 15.9. The van der Waals surface area contributed by atoms with Gasteiger partial charge in [0.1, 0.15) is 6.04 Å². The van der Waals surface area contributed by atoms with E-state index in [1.807, 2.05) is 6.92 Å². The highest BCUT2D eigenvalue weighted by molar-refractivity contribution is 6.38. The third kappa shape index (κ3) is 8.39. The molecule has 10 nitrogen and oxygen atoms in total. The molecular weight excluding hydrogens is 622 g/mol. The van der Waals surface area contributed by atoms with Crippen molar-refractivity contribution in [3.05, 3.63) is 70.7 Å². The third-order valence-corrected chi connectivity index (χ3v) is 8.96. The SMILES string of the molecule is CC1(C[C@H](NC(=O)OC(c2ccccc2)C(F)(F)c2cccc(Cl)c2)C(=O)N[C@@H](C[C@@H]2CCNC2=O)C(=O)C(=O)NC2CC2)CC1. The number of carbonyl (C=O) groups is 5. The second-order valence-corrected chi connectivity index (χ2v) is 13.2. The molecule has 46 heavy (non-hydrogen) atoms. The minimum atomic E-state index is -3.71. The first-order chi connectivity index (χ1) is 21.8. The van der Waals surface area contributed by atoms with E-state index in [9.17, 15) is 24.0 Å². The van der Waals surface area contributed by atoms with Crippen LogP contribution in [0.4, 0.5) is 13.6 Å². The van der Waals surface area contributed by atoms with Crippen LogP contribution in [0.25, 0.3) is 0 Å². The summed E-state index contributed by atoms with van der Waals surface area (Å²) in [7, 11) is 0. The summed E-state index contributed by atoms with van der Waals surface area (Å²) in [5, 5.41) is 10.4. The van der Waals surface area contributed by atoms with Crippen molar-refractivity contribution < 1.29 is 37.5 Å². The van der Waals surface area contributed by atoms with Gasteiger partial charge in [-0.3, -0.25) is 19.2 Å². The highest BCUT2D eigenvalue weighted by Gasteiger charge is 2.47. The van der Waals surface area contributed by atoms with Gasteiger partial charge in [-0.25, -0.2) is 4.79 Å². The van der Waals surface area contributed by atoms with E-state index in [4.69, 9.17) is 16.3 Å². The zero-order chi connectivity index (χ0) is 33.1. The molecule has 4 atom stereocenters. The monoisotopic (exact) mass is 658 g/mol. The molecule has 2 aromatic carbocycles. The van der Waals surface area contributed by atoms with Crippen LogP contribution in [0.5, 0.6) is 0 Å². The Balaban J connectivity index is 1.35. The first-order valence-electron chi connectivity index (χ1n) is 15.4. The zero-order valence-electron chi connectivity index (χ0n) is 25.3. The molecule has 1 aliphatic heterocycles. The maximum absolute atomic E-state index is 15.9. The summed E-state index contributed by atoms with van der Waals surface area (Å²) in [4.78, 5) is 65.2. The Morgan fingerprint density at radius 1 is 1.02 bits per heavy atom. The number of benzene rings is 2. The number of halogens is 3. The summed E-state index contributed by atoms with van der Waals surface area (Å²) >= 11 is 5.98. The number of nitrogens with one attached hydrogen (secondary N) is 4. The number of amides is 4. The van der Waals surface area contributed by atoms with Gasteiger partial charge in [-0.15, -0.1) is 0 Å². The van der Waals surface area contributed by atoms with Gasteiger partial charge in [0.25, 0.3) is 5.91 Å². The smallest absolute Gasteiger partial charge is 0.408 e. The number of carbonyl (C=O) groups excluding carboxylic acids is 5. The Hall–Kier alpha value is -4.06. The van der Waals surface area contributed by atoms with E-state index < -0.39 is 59.3 Å². The van der Waals surface area contributed by atoms with Gasteiger partial charge in [0, 0.05) is 29.1 Å². The van der Waals surface area contributed by atoms with Gasteiger partial charge in [0.15, 0.2) is 6.10 Å². The molecule has 0 aromatic heterocycles. The first kappa shape index (κ1) is 33.3. The van der Waals surface area contributed by atoms with Crippen LogP contribution >= 0.6 is 11.6 Å². The Bertz CT molecular complexity index is 1480. The van der Waals surface area contributed by atoms with E-state index in [1.54, 1.807) is 6.07 Å². The lowest BCUT2D eigenvalue weighted by Crippen LogP contribution is -2.55. The molecule has 1 saturated heterocycles. The Labute approximate surface area is 270 Å². The molecule has 1 unspecified atom stereocenters. The highest BCUT2D eigenvalue weighted by atomic mass is 35.5. The van der Waals surface area contributed by atoms with Crippen LogP contribution in [0.2, 0.25) is 5.02 Å². The van der Waals surface area contributed by atoms with E-state index in [0.717, 1.165) is 31.7 Å². The number of rotatable bonds is 14. The number of ether oxygens (including phenoxy) is 1. The molecule has 4 N–H and O–H groups in total. The van der Waals surface area contributed by atoms with Crippen molar-refractivity contribution in [2.75, 3.05) is 6.54 Å². The van der Waals surface area contributed by atoms with Crippen molar-refractivity contribution in [1.82, 2.24) is 21.3 Å². The lowest BCUT2D eigenvalue weighted by Gasteiger charge is -2.29. The average Bonchev–Trinajstić information content (AvgIpc) is 3.95. The Morgan fingerprint density at radius 2 is 1.74 bits per heavy atom. The molecule has 5 rings (SSSR count). The summed E-state index contributed by atoms with van der Waals surface area (Å²) in [6.07, 6.45) is 0.123. The number of Topliss-reactive ketones (excluding diaryl/α,β-unsaturated/α-hetero) is 1. The number of alkyl halides is 2. The van der Waals surface area contributed by atoms with Gasteiger partial charge in [0.2, 0.25) is 17.6 Å². The maximum Gasteiger partial charge on any atom is 0.408 e. The van der Waals surface area contributed by atoms with Crippen LogP contribution in [0.3, 0.4) is 0 Å². The lowest BCUT2D eigenvalue weighted by molar-refractivity contribution is -0.141. The number of ketones is 1. The van der Waals surface area contributed by atoms with E-state index in [1.165, 1.54) is 42.5 Å². The molecule has 2 aromatic rings. The normalized spacial score (nSPS) is 20.4. The van der Waals surface area contributed by atoms with Crippen molar-refractivity contribution in [3.63, 3.8) is 0 Å². The van der Waals surface area contributed by atoms with E-state index in [2.05, 4.69) is 21.3 Å². The minimum absolute atomic E-state index is 0.0138. The van der Waals surface area contributed by atoms with Gasteiger partial charge in [-0.05, 0) is 68.1 Å². The summed E-state index contributed by atoms with van der Waals surface area (Å²) in [5.41, 5.74) is -0.768. The Morgan fingerprint density at radius 3 is 2.35 bits per heavy atom. The van der Waals surface area contributed by atoms with Crippen molar-refractivity contribution >= 4 is 41.2 Å². The van der Waals surface area contributed by atoms with Gasteiger partial charge in [-0.1, -0.05) is 61.0 Å². The predicted octanol–water partition coefficient (Wildman–Crippen LogP) is 4.32. The second kappa shape index (κ2) is 13.7. The average molecular weight is 659 g/mol. The topological polar surface area (TPSA) is 143 Å². The fraction of sp³-hybridized carbons (Fsp3) is 0.485. The predicted molar refractivity (Wildman–Crippen MR) is 164 cm³/mol. The zero-order valence-corrected chi connectivity index (χ0v) is 26.1. The van der Waals surface area contributed by atoms with Crippen molar-refractivity contribution in [2.24, 2.45) is 11.3 Å². The van der Waals surface area contributed by atoms with Crippen LogP contribution in [0.15, 0.2) is 54.6 Å². The van der Waals surface area contributed by atoms with Gasteiger partial charge in [-0.2, -0.15) is 8.78 Å². The quantitative estimate of drug-likeness (QED) is 0.223. The molecule has 0 spiro atoms.